The highest BCUT2D eigenvalue weighted by Crippen LogP contribution is 2.55. The molecule has 4 aromatic rings. The van der Waals surface area contributed by atoms with Gasteiger partial charge in [-0.25, -0.2) is 4.79 Å². The molecule has 4 bridgehead atoms. The van der Waals surface area contributed by atoms with Gasteiger partial charge in [-0.3, -0.25) is 14.4 Å². The van der Waals surface area contributed by atoms with E-state index in [9.17, 15) is 24.3 Å². The molecule has 226 valence electrons. The van der Waals surface area contributed by atoms with Crippen molar-refractivity contribution in [2.45, 2.75) is 50.3 Å². The zero-order valence-corrected chi connectivity index (χ0v) is 24.9. The largest absolute Gasteiger partial charge is 0.464 e. The van der Waals surface area contributed by atoms with Gasteiger partial charge >= 0.3 is 5.97 Å². The molecule has 0 unspecified atom stereocenters. The van der Waals surface area contributed by atoms with E-state index in [2.05, 4.69) is 5.32 Å². The number of esters is 1. The number of nitrogens with zero attached hydrogens (tertiary/aromatic N) is 2. The van der Waals surface area contributed by atoms with Crippen LogP contribution in [0.5, 0.6) is 0 Å². The summed E-state index contributed by atoms with van der Waals surface area (Å²) >= 11 is 6.31. The van der Waals surface area contributed by atoms with Crippen molar-refractivity contribution in [2.75, 3.05) is 7.11 Å². The summed E-state index contributed by atoms with van der Waals surface area (Å²) in [6.45, 7) is -0.220. The quantitative estimate of drug-likeness (QED) is 0.313. The Labute approximate surface area is 258 Å². The van der Waals surface area contributed by atoms with Gasteiger partial charge in [-0.15, -0.1) is 0 Å². The molecule has 4 saturated carbocycles. The minimum atomic E-state index is -0.743. The molecule has 0 aliphatic heterocycles. The van der Waals surface area contributed by atoms with Crippen LogP contribution in [0.4, 0.5) is 0 Å². The van der Waals surface area contributed by atoms with Gasteiger partial charge in [0.25, 0.3) is 11.5 Å². The third-order valence-electron chi connectivity index (χ3n) is 9.75. The standard InChI is InChI=1S/C34H32ClN3O6/c1-44-33(42)30-26(31(40)25-8-7-23(35)14-27(25)38(30)24-5-3-2-4-6-24)18-37-10-9-20(13-28(37)39)32(41)36-29-21-11-19-12-22(29)17-34(43,15-19)16-21/h2-10,13-14,19,21-22,29,43H,11-12,15-18H2,1H3,(H,36,41)/t19-,21-,22+,29-,34+. The molecule has 2 N–H and O–H groups in total. The van der Waals surface area contributed by atoms with Crippen LogP contribution in [-0.2, 0) is 11.3 Å². The lowest BCUT2D eigenvalue weighted by atomic mass is 9.52. The van der Waals surface area contributed by atoms with Gasteiger partial charge < -0.3 is 24.3 Å². The van der Waals surface area contributed by atoms with E-state index in [1.165, 1.54) is 23.9 Å². The van der Waals surface area contributed by atoms with E-state index in [-0.39, 0.29) is 47.2 Å². The average molecular weight is 614 g/mol. The number of fused-ring (bicyclic) bond motifs is 1. The molecule has 2 aromatic heterocycles. The van der Waals surface area contributed by atoms with Crippen LogP contribution < -0.4 is 16.3 Å². The normalized spacial score (nSPS) is 25.2. The molecule has 44 heavy (non-hydrogen) atoms. The minimum absolute atomic E-state index is 0.0178. The van der Waals surface area contributed by atoms with Gasteiger partial charge in [-0.05, 0) is 86.3 Å². The number of amides is 1. The number of benzene rings is 2. The highest BCUT2D eigenvalue weighted by Gasteiger charge is 2.55. The van der Waals surface area contributed by atoms with Crippen LogP contribution in [0.3, 0.4) is 0 Å². The molecule has 8 rings (SSSR count). The first kappa shape index (κ1) is 28.6. The third-order valence-corrected chi connectivity index (χ3v) is 9.98. The van der Waals surface area contributed by atoms with E-state index in [0.29, 0.717) is 40.4 Å². The Hall–Kier alpha value is -4.21. The Morgan fingerprint density at radius 2 is 1.75 bits per heavy atom. The number of pyridine rings is 2. The summed E-state index contributed by atoms with van der Waals surface area (Å²) in [5.74, 6) is -0.0815. The van der Waals surface area contributed by atoms with Gasteiger partial charge in [0.05, 0.1) is 30.3 Å². The second-order valence-corrected chi connectivity index (χ2v) is 13.0. The average Bonchev–Trinajstić information content (AvgIpc) is 3.00. The molecule has 9 nitrogen and oxygen atoms in total. The third kappa shape index (κ3) is 4.84. The van der Waals surface area contributed by atoms with Crippen molar-refractivity contribution >= 4 is 34.4 Å². The van der Waals surface area contributed by atoms with Gasteiger partial charge in [0.2, 0.25) is 0 Å². The summed E-state index contributed by atoms with van der Waals surface area (Å²) in [5, 5.41) is 14.8. The fourth-order valence-electron chi connectivity index (χ4n) is 8.11. The maximum atomic E-state index is 13.9. The topological polar surface area (TPSA) is 120 Å². The van der Waals surface area contributed by atoms with Crippen molar-refractivity contribution in [3.63, 3.8) is 0 Å². The number of hydrogen-bond donors (Lipinski definition) is 2. The summed E-state index contributed by atoms with van der Waals surface area (Å²) in [6, 6.07) is 16.7. The van der Waals surface area contributed by atoms with Gasteiger partial charge in [0, 0.05) is 40.0 Å². The monoisotopic (exact) mass is 613 g/mol. The zero-order valence-electron chi connectivity index (χ0n) is 24.2. The Bertz CT molecular complexity index is 1920. The Morgan fingerprint density at radius 3 is 2.41 bits per heavy atom. The lowest BCUT2D eigenvalue weighted by molar-refractivity contribution is -0.136. The number of nitrogens with one attached hydrogen (secondary N) is 1. The van der Waals surface area contributed by atoms with Crippen molar-refractivity contribution in [3.8, 4) is 5.69 Å². The molecular weight excluding hydrogens is 582 g/mol. The van der Waals surface area contributed by atoms with Gasteiger partial charge in [0.15, 0.2) is 5.43 Å². The summed E-state index contributed by atoms with van der Waals surface area (Å²) in [6.07, 6.45) is 5.74. The number of carbonyl (C=O) groups excluding carboxylic acids is 2. The predicted molar refractivity (Wildman–Crippen MR) is 165 cm³/mol. The molecule has 0 spiro atoms. The molecule has 10 heteroatoms. The number of rotatable bonds is 6. The van der Waals surface area contributed by atoms with Gasteiger partial charge in [-0.2, -0.15) is 0 Å². The Balaban J connectivity index is 1.24. The maximum absolute atomic E-state index is 13.9. The SMILES string of the molecule is COC(=O)c1c(Cn2ccc(C(=O)N[C@@H]3[C@@H]4C[C@@H]5C[C@H]3C[C@](O)(C5)C4)cc2=O)c(=O)c2ccc(Cl)cc2n1-c1ccccc1. The molecule has 4 fully saturated rings. The summed E-state index contributed by atoms with van der Waals surface area (Å²) in [4.78, 5) is 53.8. The van der Waals surface area contributed by atoms with Crippen molar-refractivity contribution in [3.05, 3.63) is 109 Å². The predicted octanol–water partition coefficient (Wildman–Crippen LogP) is 4.31. The van der Waals surface area contributed by atoms with Crippen molar-refractivity contribution in [1.82, 2.24) is 14.5 Å². The molecular formula is C34H32ClN3O6. The number of halogens is 1. The van der Waals surface area contributed by atoms with Crippen LogP contribution >= 0.6 is 11.6 Å². The highest BCUT2D eigenvalue weighted by atomic mass is 35.5. The second-order valence-electron chi connectivity index (χ2n) is 12.6. The minimum Gasteiger partial charge on any atom is -0.464 e. The molecule has 2 aromatic carbocycles. The van der Waals surface area contributed by atoms with E-state index >= 15 is 0 Å². The zero-order chi connectivity index (χ0) is 30.7. The molecule has 4 aliphatic rings. The number of methoxy groups -OCH3 is 1. The smallest absolute Gasteiger partial charge is 0.355 e. The van der Waals surface area contributed by atoms with E-state index in [1.807, 2.05) is 18.2 Å². The van der Waals surface area contributed by atoms with Crippen LogP contribution in [-0.4, -0.2) is 44.9 Å². The van der Waals surface area contributed by atoms with Gasteiger partial charge in [0.1, 0.15) is 5.69 Å². The number of aromatic nitrogens is 2. The Morgan fingerprint density at radius 1 is 1.02 bits per heavy atom. The van der Waals surface area contributed by atoms with Crippen LogP contribution in [0.25, 0.3) is 16.6 Å². The molecule has 0 saturated heterocycles. The first-order valence-electron chi connectivity index (χ1n) is 14.9. The van der Waals surface area contributed by atoms with Crippen LogP contribution in [0.15, 0.2) is 76.4 Å². The number of carbonyl (C=O) groups is 2. The van der Waals surface area contributed by atoms with E-state index in [0.717, 1.165) is 19.3 Å². The van der Waals surface area contributed by atoms with Crippen LogP contribution in [0.2, 0.25) is 5.02 Å². The van der Waals surface area contributed by atoms with Crippen LogP contribution in [0, 0.1) is 17.8 Å². The molecule has 1 amide bonds. The molecule has 0 radical (unpaired) electrons. The van der Waals surface area contributed by atoms with Gasteiger partial charge in [-0.1, -0.05) is 29.8 Å². The fourth-order valence-corrected chi connectivity index (χ4v) is 8.28. The summed E-state index contributed by atoms with van der Waals surface area (Å²) < 4.78 is 8.05. The first-order chi connectivity index (χ1) is 21.1. The van der Waals surface area contributed by atoms with Crippen molar-refractivity contribution < 1.29 is 19.4 Å². The number of hydrogen-bond acceptors (Lipinski definition) is 6. The summed E-state index contributed by atoms with van der Waals surface area (Å²) in [5.41, 5.74) is -0.211. The number of aliphatic hydroxyl groups is 1. The van der Waals surface area contributed by atoms with Crippen LogP contribution in [0.1, 0.15) is 58.5 Å². The number of para-hydroxylation sites is 1. The lowest BCUT2D eigenvalue weighted by Gasteiger charge is -2.58. The fraction of sp³-hybridized carbons (Fsp3) is 0.353. The lowest BCUT2D eigenvalue weighted by Crippen LogP contribution is -2.61. The van der Waals surface area contributed by atoms with E-state index in [1.54, 1.807) is 41.0 Å². The summed E-state index contributed by atoms with van der Waals surface area (Å²) in [7, 11) is 1.23. The van der Waals surface area contributed by atoms with E-state index < -0.39 is 22.6 Å². The van der Waals surface area contributed by atoms with E-state index in [4.69, 9.17) is 16.3 Å². The number of ether oxygens (including phenoxy) is 1. The molecule has 4 aliphatic carbocycles. The Kier molecular flexibility index (Phi) is 6.98. The van der Waals surface area contributed by atoms with Crippen molar-refractivity contribution in [1.29, 1.82) is 0 Å². The first-order valence-corrected chi connectivity index (χ1v) is 15.3. The maximum Gasteiger partial charge on any atom is 0.355 e. The van der Waals surface area contributed by atoms with Crippen molar-refractivity contribution in [2.24, 2.45) is 17.8 Å². The second kappa shape index (κ2) is 10.7. The highest BCUT2D eigenvalue weighted by molar-refractivity contribution is 6.31. The molecule has 2 heterocycles. The molecule has 5 atom stereocenters.